The molecule has 5 nitrogen and oxygen atoms in total. The van der Waals surface area contributed by atoms with Crippen LogP contribution in [0.4, 0.5) is 0 Å². The quantitative estimate of drug-likeness (QED) is 0.450. The molecule has 0 unspecified atom stereocenters. The molecular weight excluding hydrogens is 368 g/mol. The van der Waals surface area contributed by atoms with Crippen molar-refractivity contribution in [1.82, 2.24) is 15.0 Å². The Hall–Kier alpha value is -2.96. The van der Waals surface area contributed by atoms with Gasteiger partial charge in [0.15, 0.2) is 0 Å². The standard InChI is InChI=1S/C19H13ClN4OS/c20-10-5-7-15-16(9-10)23-18(22-15)12-4-2-1-3-11(12)14-8-6-13(17(21)25)19(26)24-14/h1-9H,(H2,21,25)(H,22,23)(H,24,26). The largest absolute Gasteiger partial charge is 0.366 e. The number of benzene rings is 2. The van der Waals surface area contributed by atoms with Gasteiger partial charge in [0.1, 0.15) is 10.5 Å². The molecule has 0 saturated heterocycles. The second kappa shape index (κ2) is 6.40. The predicted octanol–water partition coefficient (Wildman–Crippen LogP) is 4.71. The number of amides is 1. The lowest BCUT2D eigenvalue weighted by atomic mass is 10.0. The Labute approximate surface area is 158 Å². The zero-order valence-electron chi connectivity index (χ0n) is 13.4. The topological polar surface area (TPSA) is 87.6 Å². The molecule has 2 aromatic carbocycles. The van der Waals surface area contributed by atoms with Gasteiger partial charge >= 0.3 is 0 Å². The molecule has 2 heterocycles. The summed E-state index contributed by atoms with van der Waals surface area (Å²) in [5.74, 6) is 0.163. The average molecular weight is 381 g/mol. The van der Waals surface area contributed by atoms with Crippen molar-refractivity contribution in [3.05, 3.63) is 69.8 Å². The smallest absolute Gasteiger partial charge is 0.251 e. The van der Waals surface area contributed by atoms with E-state index in [1.54, 1.807) is 18.2 Å². The van der Waals surface area contributed by atoms with E-state index in [4.69, 9.17) is 29.6 Å². The van der Waals surface area contributed by atoms with Crippen molar-refractivity contribution in [3.63, 3.8) is 0 Å². The SMILES string of the molecule is NC(=O)c1ccc(-c2ccccc2-c2nc3ccc(Cl)cc3[nH]2)[nH]c1=S. The Morgan fingerprint density at radius 2 is 1.81 bits per heavy atom. The normalized spacial score (nSPS) is 11.0. The molecule has 0 radical (unpaired) electrons. The van der Waals surface area contributed by atoms with Crippen LogP contribution >= 0.6 is 23.8 Å². The lowest BCUT2D eigenvalue weighted by Gasteiger charge is -2.08. The molecule has 4 N–H and O–H groups in total. The summed E-state index contributed by atoms with van der Waals surface area (Å²) >= 11 is 11.3. The number of pyridine rings is 1. The van der Waals surface area contributed by atoms with Crippen LogP contribution in [-0.2, 0) is 0 Å². The van der Waals surface area contributed by atoms with E-state index in [-0.39, 0.29) is 0 Å². The van der Waals surface area contributed by atoms with Crippen LogP contribution in [0.3, 0.4) is 0 Å². The van der Waals surface area contributed by atoms with E-state index in [0.29, 0.717) is 15.2 Å². The van der Waals surface area contributed by atoms with E-state index in [0.717, 1.165) is 33.7 Å². The molecule has 1 amide bonds. The molecule has 0 saturated carbocycles. The fraction of sp³-hybridized carbons (Fsp3) is 0. The first-order valence-electron chi connectivity index (χ1n) is 7.81. The molecule has 26 heavy (non-hydrogen) atoms. The third-order valence-electron chi connectivity index (χ3n) is 4.09. The van der Waals surface area contributed by atoms with Gasteiger partial charge in [-0.2, -0.15) is 0 Å². The number of H-pyrrole nitrogens is 2. The maximum absolute atomic E-state index is 11.4. The third-order valence-corrected chi connectivity index (χ3v) is 4.65. The summed E-state index contributed by atoms with van der Waals surface area (Å²) in [6.45, 7) is 0. The number of rotatable bonds is 3. The van der Waals surface area contributed by atoms with Crippen molar-refractivity contribution in [2.24, 2.45) is 5.73 Å². The summed E-state index contributed by atoms with van der Waals surface area (Å²) in [6.07, 6.45) is 0. The number of nitrogens with one attached hydrogen (secondary N) is 2. The number of hydrogen-bond acceptors (Lipinski definition) is 3. The number of carbonyl (C=O) groups excluding carboxylic acids is 1. The number of primary amides is 1. The minimum atomic E-state index is -0.555. The average Bonchev–Trinajstić information content (AvgIpc) is 3.04. The van der Waals surface area contributed by atoms with Gasteiger partial charge in [0.05, 0.1) is 16.6 Å². The summed E-state index contributed by atoms with van der Waals surface area (Å²) in [4.78, 5) is 22.4. The summed E-state index contributed by atoms with van der Waals surface area (Å²) in [7, 11) is 0. The van der Waals surface area contributed by atoms with Gasteiger partial charge in [0.25, 0.3) is 5.91 Å². The van der Waals surface area contributed by atoms with E-state index in [1.165, 1.54) is 0 Å². The highest BCUT2D eigenvalue weighted by Crippen LogP contribution is 2.31. The number of nitrogens with two attached hydrogens (primary N) is 1. The van der Waals surface area contributed by atoms with Crippen LogP contribution < -0.4 is 5.73 Å². The highest BCUT2D eigenvalue weighted by molar-refractivity contribution is 7.71. The second-order valence-corrected chi connectivity index (χ2v) is 6.62. The Morgan fingerprint density at radius 1 is 1.04 bits per heavy atom. The number of nitrogens with zero attached hydrogens (tertiary/aromatic N) is 1. The second-order valence-electron chi connectivity index (χ2n) is 5.77. The van der Waals surface area contributed by atoms with E-state index in [9.17, 15) is 4.79 Å². The first kappa shape index (κ1) is 16.5. The van der Waals surface area contributed by atoms with E-state index < -0.39 is 5.91 Å². The minimum Gasteiger partial charge on any atom is -0.366 e. The van der Waals surface area contributed by atoms with Crippen molar-refractivity contribution in [2.45, 2.75) is 0 Å². The Bertz CT molecular complexity index is 1210. The molecule has 128 valence electrons. The third kappa shape index (κ3) is 2.89. The van der Waals surface area contributed by atoms with Crippen LogP contribution in [0.2, 0.25) is 5.02 Å². The van der Waals surface area contributed by atoms with E-state index >= 15 is 0 Å². The van der Waals surface area contributed by atoms with Gasteiger partial charge in [0.2, 0.25) is 0 Å². The highest BCUT2D eigenvalue weighted by atomic mass is 35.5. The zero-order valence-corrected chi connectivity index (χ0v) is 15.0. The monoisotopic (exact) mass is 380 g/mol. The van der Waals surface area contributed by atoms with E-state index in [2.05, 4.69) is 15.0 Å². The van der Waals surface area contributed by atoms with E-state index in [1.807, 2.05) is 36.4 Å². The molecule has 0 aliphatic carbocycles. The van der Waals surface area contributed by atoms with Gasteiger partial charge in [-0.05, 0) is 30.3 Å². The maximum Gasteiger partial charge on any atom is 0.251 e. The van der Waals surface area contributed by atoms with Crippen molar-refractivity contribution in [1.29, 1.82) is 0 Å². The van der Waals surface area contributed by atoms with Gasteiger partial charge in [0, 0.05) is 21.8 Å². The van der Waals surface area contributed by atoms with Crippen LogP contribution in [-0.4, -0.2) is 20.9 Å². The van der Waals surface area contributed by atoms with Gasteiger partial charge in [-0.15, -0.1) is 0 Å². The number of fused-ring (bicyclic) bond motifs is 1. The van der Waals surface area contributed by atoms with Crippen molar-refractivity contribution >= 4 is 40.8 Å². The van der Waals surface area contributed by atoms with Crippen LogP contribution in [0, 0.1) is 4.64 Å². The summed E-state index contributed by atoms with van der Waals surface area (Å²) in [5, 5.41) is 0.645. The van der Waals surface area contributed by atoms with Crippen LogP contribution in [0.5, 0.6) is 0 Å². The summed E-state index contributed by atoms with van der Waals surface area (Å²) < 4.78 is 0.307. The summed E-state index contributed by atoms with van der Waals surface area (Å²) in [5.41, 5.74) is 9.88. The van der Waals surface area contributed by atoms with Gasteiger partial charge < -0.3 is 15.7 Å². The molecule has 0 fully saturated rings. The summed E-state index contributed by atoms with van der Waals surface area (Å²) in [6, 6.07) is 16.7. The number of hydrogen-bond donors (Lipinski definition) is 3. The zero-order chi connectivity index (χ0) is 18.3. The Balaban J connectivity index is 1.88. The first-order chi connectivity index (χ1) is 12.5. The molecule has 0 atom stereocenters. The minimum absolute atomic E-state index is 0.291. The number of imidazole rings is 1. The van der Waals surface area contributed by atoms with Gasteiger partial charge in [-0.1, -0.05) is 48.1 Å². The fourth-order valence-corrected chi connectivity index (χ4v) is 3.31. The highest BCUT2D eigenvalue weighted by Gasteiger charge is 2.13. The number of carbonyl (C=O) groups is 1. The molecule has 4 rings (SSSR count). The van der Waals surface area contributed by atoms with Crippen LogP contribution in [0.1, 0.15) is 10.4 Å². The maximum atomic E-state index is 11.4. The molecule has 0 aliphatic heterocycles. The predicted molar refractivity (Wildman–Crippen MR) is 106 cm³/mol. The van der Waals surface area contributed by atoms with Gasteiger partial charge in [-0.3, -0.25) is 4.79 Å². The van der Waals surface area contributed by atoms with Crippen molar-refractivity contribution in [3.8, 4) is 22.6 Å². The lowest BCUT2D eigenvalue weighted by molar-refractivity contribution is 0.0999. The molecule has 2 aromatic heterocycles. The molecule has 7 heteroatoms. The van der Waals surface area contributed by atoms with Crippen LogP contribution in [0.15, 0.2) is 54.6 Å². The molecule has 0 bridgehead atoms. The van der Waals surface area contributed by atoms with Crippen molar-refractivity contribution in [2.75, 3.05) is 0 Å². The number of aromatic amines is 2. The number of aromatic nitrogens is 3. The Kier molecular flexibility index (Phi) is 4.06. The molecule has 0 aliphatic rings. The Morgan fingerprint density at radius 3 is 2.54 bits per heavy atom. The molecular formula is C19H13ClN4OS. The van der Waals surface area contributed by atoms with Crippen LogP contribution in [0.25, 0.3) is 33.7 Å². The first-order valence-corrected chi connectivity index (χ1v) is 8.60. The van der Waals surface area contributed by atoms with Crippen molar-refractivity contribution < 1.29 is 4.79 Å². The molecule has 4 aromatic rings. The number of halogens is 1. The lowest BCUT2D eigenvalue weighted by Crippen LogP contribution is -2.12. The fourth-order valence-electron chi connectivity index (χ4n) is 2.86. The van der Waals surface area contributed by atoms with Gasteiger partial charge in [-0.25, -0.2) is 4.98 Å². The molecule has 0 spiro atoms.